The molecular formula is C27H38N4O4S. The molecule has 0 aromatic carbocycles. The van der Waals surface area contributed by atoms with Crippen LogP contribution >= 0.6 is 11.3 Å². The summed E-state index contributed by atoms with van der Waals surface area (Å²) in [5, 5.41) is 11.8. The van der Waals surface area contributed by atoms with Gasteiger partial charge in [0.25, 0.3) is 0 Å². The highest BCUT2D eigenvalue weighted by molar-refractivity contribution is 7.09. The Kier molecular flexibility index (Phi) is 8.82. The van der Waals surface area contributed by atoms with Gasteiger partial charge in [-0.2, -0.15) is 0 Å². The maximum atomic E-state index is 14.0. The second kappa shape index (κ2) is 12.0. The van der Waals surface area contributed by atoms with Crippen molar-refractivity contribution in [1.82, 2.24) is 15.4 Å². The van der Waals surface area contributed by atoms with Gasteiger partial charge in [0.05, 0.1) is 6.54 Å². The Morgan fingerprint density at radius 3 is 2.53 bits per heavy atom. The number of carbonyl (C=O) groups excluding carboxylic acids is 3. The number of aryl methyl sites for hydroxylation is 1. The highest BCUT2D eigenvalue weighted by Gasteiger charge is 2.48. The van der Waals surface area contributed by atoms with E-state index in [1.807, 2.05) is 17.5 Å². The van der Waals surface area contributed by atoms with Gasteiger partial charge < -0.3 is 20.1 Å². The quantitative estimate of drug-likeness (QED) is 0.479. The number of carbonyl (C=O) groups is 3. The summed E-state index contributed by atoms with van der Waals surface area (Å²) in [6, 6.07) is 5.78. The first-order chi connectivity index (χ1) is 17.4. The van der Waals surface area contributed by atoms with E-state index >= 15 is 0 Å². The molecule has 9 heteroatoms. The summed E-state index contributed by atoms with van der Waals surface area (Å²) in [5.41, 5.74) is -0.884. The molecule has 2 N–H and O–H groups in total. The average molecular weight is 515 g/mol. The van der Waals surface area contributed by atoms with E-state index in [9.17, 15) is 14.4 Å². The zero-order valence-corrected chi connectivity index (χ0v) is 22.2. The minimum Gasteiger partial charge on any atom is -0.360 e. The van der Waals surface area contributed by atoms with Crippen molar-refractivity contribution in [2.45, 2.75) is 103 Å². The number of anilines is 1. The second-order valence-corrected chi connectivity index (χ2v) is 11.5. The molecule has 0 unspecified atom stereocenters. The molecule has 0 saturated heterocycles. The minimum atomic E-state index is -0.884. The molecular weight excluding hydrogens is 476 g/mol. The Hall–Kier alpha value is -2.68. The van der Waals surface area contributed by atoms with E-state index in [1.54, 1.807) is 29.2 Å². The van der Waals surface area contributed by atoms with Gasteiger partial charge in [0.2, 0.25) is 17.7 Å². The summed E-state index contributed by atoms with van der Waals surface area (Å²) < 4.78 is 4.99. The van der Waals surface area contributed by atoms with Crippen LogP contribution in [0.25, 0.3) is 0 Å². The number of aromatic nitrogens is 1. The van der Waals surface area contributed by atoms with Crippen LogP contribution in [0, 0.1) is 12.8 Å². The normalized spacial score (nSPS) is 22.7. The molecule has 2 aliphatic carbocycles. The molecule has 8 nitrogen and oxygen atoms in total. The Bertz CT molecular complexity index is 1020. The minimum absolute atomic E-state index is 0.0163. The maximum Gasteiger partial charge on any atom is 0.246 e. The first kappa shape index (κ1) is 26.4. The summed E-state index contributed by atoms with van der Waals surface area (Å²) in [6.45, 7) is 4.34. The van der Waals surface area contributed by atoms with Crippen LogP contribution < -0.4 is 10.6 Å². The van der Waals surface area contributed by atoms with Crippen LogP contribution in [0.2, 0.25) is 0 Å². The van der Waals surface area contributed by atoms with Gasteiger partial charge in [-0.25, -0.2) is 0 Å². The number of rotatable bonds is 9. The Morgan fingerprint density at radius 2 is 1.89 bits per heavy atom. The highest BCUT2D eigenvalue weighted by Crippen LogP contribution is 2.39. The summed E-state index contributed by atoms with van der Waals surface area (Å²) in [5.74, 6) is 0.976. The number of amides is 3. The lowest BCUT2D eigenvalue weighted by molar-refractivity contribution is -0.153. The van der Waals surface area contributed by atoms with Crippen molar-refractivity contribution >= 4 is 34.9 Å². The van der Waals surface area contributed by atoms with E-state index < -0.39 is 5.54 Å². The largest absolute Gasteiger partial charge is 0.360 e. The van der Waals surface area contributed by atoms with Crippen LogP contribution in [0.4, 0.5) is 5.82 Å². The molecule has 2 aliphatic rings. The van der Waals surface area contributed by atoms with Crippen LogP contribution in [0.15, 0.2) is 28.1 Å². The van der Waals surface area contributed by atoms with Crippen LogP contribution in [-0.4, -0.2) is 39.4 Å². The molecule has 0 atom stereocenters. The molecule has 0 aliphatic heterocycles. The van der Waals surface area contributed by atoms with E-state index in [2.05, 4.69) is 22.7 Å². The van der Waals surface area contributed by atoms with Crippen molar-refractivity contribution in [2.75, 3.05) is 5.32 Å². The predicted molar refractivity (Wildman–Crippen MR) is 139 cm³/mol. The van der Waals surface area contributed by atoms with Gasteiger partial charge in [0.1, 0.15) is 11.3 Å². The van der Waals surface area contributed by atoms with E-state index in [1.165, 1.54) is 6.42 Å². The van der Waals surface area contributed by atoms with Crippen LogP contribution in [0.5, 0.6) is 0 Å². The van der Waals surface area contributed by atoms with E-state index in [4.69, 9.17) is 4.52 Å². The smallest absolute Gasteiger partial charge is 0.246 e. The van der Waals surface area contributed by atoms with Crippen LogP contribution in [0.3, 0.4) is 0 Å². The first-order valence-corrected chi connectivity index (χ1v) is 14.1. The zero-order chi connectivity index (χ0) is 25.5. The predicted octanol–water partition coefficient (Wildman–Crippen LogP) is 5.19. The summed E-state index contributed by atoms with van der Waals surface area (Å²) in [7, 11) is 0. The molecule has 0 spiro atoms. The van der Waals surface area contributed by atoms with Crippen molar-refractivity contribution < 1.29 is 18.9 Å². The molecule has 2 heterocycles. The van der Waals surface area contributed by atoms with Gasteiger partial charge in [-0.3, -0.25) is 14.4 Å². The number of nitrogens with one attached hydrogen (secondary N) is 2. The number of thiophene rings is 1. The molecule has 0 radical (unpaired) electrons. The van der Waals surface area contributed by atoms with Crippen molar-refractivity contribution in [3.63, 3.8) is 0 Å². The van der Waals surface area contributed by atoms with Gasteiger partial charge in [-0.15, -0.1) is 11.3 Å². The number of nitrogens with zero attached hydrogens (tertiary/aromatic N) is 2. The lowest BCUT2D eigenvalue weighted by Gasteiger charge is -2.47. The lowest BCUT2D eigenvalue weighted by Crippen LogP contribution is -2.63. The third kappa shape index (κ3) is 6.55. The van der Waals surface area contributed by atoms with Crippen molar-refractivity contribution in [3.05, 3.63) is 34.2 Å². The topological polar surface area (TPSA) is 105 Å². The van der Waals surface area contributed by atoms with Gasteiger partial charge in [0, 0.05) is 29.8 Å². The Labute approximate surface area is 217 Å². The fourth-order valence-corrected chi connectivity index (χ4v) is 6.14. The van der Waals surface area contributed by atoms with Crippen molar-refractivity contribution in [2.24, 2.45) is 5.92 Å². The third-order valence-corrected chi connectivity index (χ3v) is 8.50. The summed E-state index contributed by atoms with van der Waals surface area (Å²) >= 11 is 1.58. The summed E-state index contributed by atoms with van der Waals surface area (Å²) in [4.78, 5) is 43.0. The highest BCUT2D eigenvalue weighted by atomic mass is 32.1. The maximum absolute atomic E-state index is 14.0. The number of hydrogen-bond donors (Lipinski definition) is 2. The van der Waals surface area contributed by atoms with Gasteiger partial charge in [-0.05, 0) is 62.8 Å². The molecule has 4 rings (SSSR count). The molecule has 2 fully saturated rings. The van der Waals surface area contributed by atoms with Crippen LogP contribution in [0.1, 0.15) is 88.2 Å². The Morgan fingerprint density at radius 1 is 1.14 bits per heavy atom. The fourth-order valence-electron chi connectivity index (χ4n) is 5.45. The number of hydrogen-bond acceptors (Lipinski definition) is 6. The van der Waals surface area contributed by atoms with Gasteiger partial charge in [0.15, 0.2) is 5.82 Å². The van der Waals surface area contributed by atoms with Gasteiger partial charge in [-0.1, -0.05) is 37.4 Å². The fraction of sp³-hybridized carbons (Fsp3) is 0.630. The van der Waals surface area contributed by atoms with Gasteiger partial charge >= 0.3 is 0 Å². The molecule has 196 valence electrons. The van der Waals surface area contributed by atoms with Crippen molar-refractivity contribution in [3.8, 4) is 0 Å². The summed E-state index contributed by atoms with van der Waals surface area (Å²) in [6.07, 6.45) is 8.62. The average Bonchev–Trinajstić information content (AvgIpc) is 3.54. The first-order valence-electron chi connectivity index (χ1n) is 13.2. The molecule has 2 aromatic heterocycles. The van der Waals surface area contributed by atoms with E-state index in [0.717, 1.165) is 43.4 Å². The molecule has 2 aromatic rings. The molecule has 2 saturated carbocycles. The Balaban J connectivity index is 1.52. The van der Waals surface area contributed by atoms with E-state index in [0.29, 0.717) is 36.9 Å². The van der Waals surface area contributed by atoms with Crippen LogP contribution in [-0.2, 0) is 20.9 Å². The molecule has 3 amide bonds. The lowest BCUT2D eigenvalue weighted by atomic mass is 9.74. The SMILES string of the molecule is Cc1cc(NC(=O)CCC(=O)N(Cc2cccs2)C2(C(=O)NC3CCCCC3)CCC(C)CC2)no1. The second-order valence-electron chi connectivity index (χ2n) is 10.5. The zero-order valence-electron chi connectivity index (χ0n) is 21.4. The molecule has 0 bridgehead atoms. The monoisotopic (exact) mass is 514 g/mol. The third-order valence-electron chi connectivity index (χ3n) is 7.64. The van der Waals surface area contributed by atoms with E-state index in [-0.39, 0.29) is 36.6 Å². The standard InChI is InChI=1S/C27H38N4O4S/c1-19-12-14-27(15-13-19,26(34)28-21-7-4-3-5-8-21)31(18-22-9-6-16-36-22)25(33)11-10-24(32)29-23-17-20(2)35-30-23/h6,9,16-17,19,21H,3-5,7-8,10-15,18H2,1-2H3,(H,28,34)(H,29,30,32). The molecule has 36 heavy (non-hydrogen) atoms. The van der Waals surface area contributed by atoms with Crippen molar-refractivity contribution in [1.29, 1.82) is 0 Å².